The molecule has 0 saturated heterocycles. The van der Waals surface area contributed by atoms with Crippen LogP contribution in [0.15, 0.2) is 54.9 Å². The van der Waals surface area contributed by atoms with Gasteiger partial charge >= 0.3 is 6.18 Å². The summed E-state index contributed by atoms with van der Waals surface area (Å²) in [4.78, 5) is 26.6. The Bertz CT molecular complexity index is 1880. The van der Waals surface area contributed by atoms with Gasteiger partial charge in [-0.1, -0.05) is 11.6 Å². The van der Waals surface area contributed by atoms with Gasteiger partial charge < -0.3 is 10.6 Å². The van der Waals surface area contributed by atoms with E-state index in [0.717, 1.165) is 12.1 Å². The molecule has 8 nitrogen and oxygen atoms in total. The van der Waals surface area contributed by atoms with Crippen molar-refractivity contribution in [1.82, 2.24) is 25.3 Å². The molecule has 5 aromatic rings. The lowest BCUT2D eigenvalue weighted by Crippen LogP contribution is -2.21. The molecule has 3 aromatic carbocycles. The van der Waals surface area contributed by atoms with E-state index in [2.05, 4.69) is 25.9 Å². The smallest absolute Gasteiger partial charge is 0.341 e. The summed E-state index contributed by atoms with van der Waals surface area (Å²) in [5.41, 5.74) is -0.233. The molecule has 3 N–H and O–H groups in total. The second-order valence-corrected chi connectivity index (χ2v) is 9.73. The Morgan fingerprint density at radius 2 is 1.88 bits per heavy atom. The number of fused-ring (bicyclic) bond motifs is 3. The van der Waals surface area contributed by atoms with Gasteiger partial charge in [0, 0.05) is 51.6 Å². The number of hydrogen-bond donors (Lipinski definition) is 3. The maximum Gasteiger partial charge on any atom is 0.416 e. The lowest BCUT2D eigenvalue weighted by molar-refractivity contribution is -0.137. The summed E-state index contributed by atoms with van der Waals surface area (Å²) in [6, 6.07) is 5.44. The van der Waals surface area contributed by atoms with Gasteiger partial charge in [0.1, 0.15) is 17.2 Å². The zero-order valence-corrected chi connectivity index (χ0v) is 21.5. The molecule has 0 spiro atoms. The van der Waals surface area contributed by atoms with Gasteiger partial charge in [-0.3, -0.25) is 19.4 Å². The fourth-order valence-corrected chi connectivity index (χ4v) is 5.25. The van der Waals surface area contributed by atoms with Crippen molar-refractivity contribution in [1.29, 1.82) is 0 Å². The van der Waals surface area contributed by atoms with E-state index >= 15 is 0 Å². The Morgan fingerprint density at radius 3 is 2.59 bits per heavy atom. The third-order valence-electron chi connectivity index (χ3n) is 6.74. The zero-order chi connectivity index (χ0) is 29.2. The van der Waals surface area contributed by atoms with Crippen LogP contribution in [0.1, 0.15) is 43.4 Å². The first kappa shape index (κ1) is 26.4. The molecule has 2 aromatic heterocycles. The van der Waals surface area contributed by atoms with E-state index < -0.39 is 46.8 Å². The Kier molecular flexibility index (Phi) is 6.07. The Hall–Kier alpha value is -4.78. The molecular weight excluding hydrogens is 571 g/mol. The minimum absolute atomic E-state index is 0.00302. The van der Waals surface area contributed by atoms with E-state index in [9.17, 15) is 31.5 Å². The van der Waals surface area contributed by atoms with Crippen LogP contribution in [0.4, 0.5) is 27.6 Å². The molecule has 0 aliphatic carbocycles. The average Bonchev–Trinajstić information content (AvgIpc) is 3.62. The molecule has 0 fully saturated rings. The number of alkyl halides is 3. The van der Waals surface area contributed by atoms with Crippen LogP contribution in [0.2, 0.25) is 5.02 Å². The fourth-order valence-electron chi connectivity index (χ4n) is 5.03. The quantitative estimate of drug-likeness (QED) is 0.225. The van der Waals surface area contributed by atoms with Crippen molar-refractivity contribution in [3.05, 3.63) is 99.3 Å². The van der Waals surface area contributed by atoms with Gasteiger partial charge in [-0.25, -0.2) is 8.78 Å². The first-order chi connectivity index (χ1) is 19.4. The number of hydrogen-bond acceptors (Lipinski definition) is 4. The van der Waals surface area contributed by atoms with Crippen LogP contribution in [0.3, 0.4) is 0 Å². The average molecular weight is 587 g/mol. The third-order valence-corrected chi connectivity index (χ3v) is 7.08. The number of carbonyl (C=O) groups excluding carboxylic acids is 2. The molecule has 1 aliphatic heterocycles. The van der Waals surface area contributed by atoms with Gasteiger partial charge in [0.2, 0.25) is 0 Å². The van der Waals surface area contributed by atoms with Crippen LogP contribution >= 0.6 is 11.6 Å². The van der Waals surface area contributed by atoms with Crippen molar-refractivity contribution in [3.63, 3.8) is 0 Å². The molecular formula is C27H16ClF5N6O2. The van der Waals surface area contributed by atoms with Crippen molar-refractivity contribution < 1.29 is 31.5 Å². The normalized spacial score (nSPS) is 14.8. The number of H-pyrrole nitrogens is 1. The number of nitrogens with one attached hydrogen (secondary N) is 3. The second kappa shape index (κ2) is 9.41. The Labute approximate surface area is 232 Å². The fraction of sp³-hybridized carbons (Fsp3) is 0.111. The van der Waals surface area contributed by atoms with Gasteiger partial charge in [-0.2, -0.15) is 23.4 Å². The molecule has 14 heteroatoms. The van der Waals surface area contributed by atoms with E-state index in [1.807, 2.05) is 0 Å². The van der Waals surface area contributed by atoms with Crippen molar-refractivity contribution in [2.45, 2.75) is 12.2 Å². The third kappa shape index (κ3) is 4.47. The molecule has 1 aliphatic rings. The number of rotatable bonds is 4. The highest BCUT2D eigenvalue weighted by Gasteiger charge is 2.38. The lowest BCUT2D eigenvalue weighted by atomic mass is 9.93. The summed E-state index contributed by atoms with van der Waals surface area (Å²) >= 11 is 6.35. The van der Waals surface area contributed by atoms with E-state index in [1.165, 1.54) is 23.0 Å². The molecule has 0 radical (unpaired) electrons. The van der Waals surface area contributed by atoms with Crippen LogP contribution in [0.5, 0.6) is 0 Å². The molecule has 2 amide bonds. The molecule has 6 rings (SSSR count). The van der Waals surface area contributed by atoms with Gasteiger partial charge in [0.25, 0.3) is 11.8 Å². The summed E-state index contributed by atoms with van der Waals surface area (Å²) in [5.74, 6) is -3.58. The van der Waals surface area contributed by atoms with E-state index in [-0.39, 0.29) is 39.0 Å². The number of aryl methyl sites for hydroxylation is 1. The largest absolute Gasteiger partial charge is 0.416 e. The standard InChI is InChI=1S/C27H16ClF5N6O2/c1-39-24(12-9-34-35-10-12)17-8-19(36-25(40)11-4-13(27(31,32)33)6-15(30)5-11)20-21(23(17)38-39)26(41)37-22(20)16-7-14(29)2-3-18(16)28/h2-10,22H,1H3,(H,34,35)(H,36,40)(H,37,41). The minimum atomic E-state index is -4.90. The summed E-state index contributed by atoms with van der Waals surface area (Å²) in [5, 5.41) is 16.9. The summed E-state index contributed by atoms with van der Waals surface area (Å²) in [6.45, 7) is 0. The van der Waals surface area contributed by atoms with Gasteiger partial charge in [-0.15, -0.1) is 0 Å². The highest BCUT2D eigenvalue weighted by atomic mass is 35.5. The molecule has 41 heavy (non-hydrogen) atoms. The highest BCUT2D eigenvalue weighted by Crippen LogP contribution is 2.44. The van der Waals surface area contributed by atoms with Crippen molar-refractivity contribution in [2.24, 2.45) is 7.05 Å². The SMILES string of the molecule is Cn1nc2c3c(c(NC(=O)c4cc(F)cc(C(F)(F)F)c4)cc2c1-c1cn[nH]c1)C(c1cc(F)ccc1Cl)NC3=O. The molecule has 208 valence electrons. The Morgan fingerprint density at radius 1 is 1.10 bits per heavy atom. The highest BCUT2D eigenvalue weighted by molar-refractivity contribution is 6.31. The van der Waals surface area contributed by atoms with Crippen LogP contribution in [-0.2, 0) is 13.2 Å². The summed E-state index contributed by atoms with van der Waals surface area (Å²) in [7, 11) is 1.63. The first-order valence-electron chi connectivity index (χ1n) is 11.9. The van der Waals surface area contributed by atoms with Crippen LogP contribution in [0, 0.1) is 11.6 Å². The van der Waals surface area contributed by atoms with Gasteiger partial charge in [-0.05, 0) is 42.5 Å². The molecule has 1 atom stereocenters. The molecule has 0 bridgehead atoms. The maximum absolute atomic E-state index is 14.3. The number of anilines is 1. The van der Waals surface area contributed by atoms with Gasteiger partial charge in [0.05, 0.1) is 29.1 Å². The molecule has 3 heterocycles. The first-order valence-corrected chi connectivity index (χ1v) is 12.3. The second-order valence-electron chi connectivity index (χ2n) is 9.32. The van der Waals surface area contributed by atoms with Crippen molar-refractivity contribution in [3.8, 4) is 11.3 Å². The van der Waals surface area contributed by atoms with E-state index in [4.69, 9.17) is 11.6 Å². The minimum Gasteiger partial charge on any atom is -0.341 e. The van der Waals surface area contributed by atoms with Crippen molar-refractivity contribution >= 4 is 40.0 Å². The van der Waals surface area contributed by atoms with Crippen molar-refractivity contribution in [2.75, 3.05) is 5.32 Å². The number of carbonyl (C=O) groups is 2. The van der Waals surface area contributed by atoms with Crippen LogP contribution in [0.25, 0.3) is 22.2 Å². The Balaban J connectivity index is 1.58. The molecule has 1 unspecified atom stereocenters. The topological polar surface area (TPSA) is 105 Å². The van der Waals surface area contributed by atoms with Gasteiger partial charge in [0.15, 0.2) is 0 Å². The van der Waals surface area contributed by atoms with Crippen LogP contribution in [-0.4, -0.2) is 31.8 Å². The van der Waals surface area contributed by atoms with Crippen LogP contribution < -0.4 is 10.6 Å². The predicted octanol–water partition coefficient (Wildman–Crippen LogP) is 6.00. The number of benzene rings is 3. The lowest BCUT2D eigenvalue weighted by Gasteiger charge is -2.18. The summed E-state index contributed by atoms with van der Waals surface area (Å²) < 4.78 is 69.8. The van der Waals surface area contributed by atoms with E-state index in [0.29, 0.717) is 28.8 Å². The van der Waals surface area contributed by atoms with E-state index in [1.54, 1.807) is 13.2 Å². The number of aromatic amines is 1. The number of amides is 2. The predicted molar refractivity (Wildman–Crippen MR) is 138 cm³/mol. The zero-order valence-electron chi connectivity index (χ0n) is 20.7. The summed E-state index contributed by atoms with van der Waals surface area (Å²) in [6.07, 6.45) is -1.80. The monoisotopic (exact) mass is 586 g/mol. The number of aromatic nitrogens is 4. The number of nitrogens with zero attached hydrogens (tertiary/aromatic N) is 3. The molecule has 0 saturated carbocycles. The maximum atomic E-state index is 14.3. The number of halogens is 6.